The standard InChI is InChI=1S/C23H28N8O2/c1-14(2)27-22-21-15(10-17(28-22)18-4-3-9-33-18)11-26-23(30-21)29-19-6-5-16(12-25-19)31-8-7-24-13-20(31)32/h5-6,10-12,14,18,24H,3-4,7-9,13H2,1-2H3,(H,27,28)(H,25,26,29,30)/t18-/m0/s1. The molecule has 172 valence electrons. The minimum absolute atomic E-state index is 0.0187. The van der Waals surface area contributed by atoms with Crippen molar-refractivity contribution in [2.75, 3.05) is 41.8 Å². The van der Waals surface area contributed by atoms with E-state index < -0.39 is 0 Å². The van der Waals surface area contributed by atoms with Gasteiger partial charge >= 0.3 is 0 Å². The van der Waals surface area contributed by atoms with Gasteiger partial charge in [0.1, 0.15) is 11.3 Å². The number of amides is 1. The van der Waals surface area contributed by atoms with E-state index in [1.165, 1.54) is 0 Å². The van der Waals surface area contributed by atoms with Gasteiger partial charge in [-0.1, -0.05) is 0 Å². The predicted molar refractivity (Wildman–Crippen MR) is 127 cm³/mol. The lowest BCUT2D eigenvalue weighted by Gasteiger charge is -2.27. The van der Waals surface area contributed by atoms with Gasteiger partial charge in [0.05, 0.1) is 30.2 Å². The molecule has 0 spiro atoms. The third-order valence-electron chi connectivity index (χ3n) is 5.66. The number of carbonyl (C=O) groups excluding carboxylic acids is 1. The second-order valence-corrected chi connectivity index (χ2v) is 8.58. The van der Waals surface area contributed by atoms with E-state index in [1.807, 2.05) is 18.2 Å². The van der Waals surface area contributed by atoms with Crippen molar-refractivity contribution in [3.8, 4) is 0 Å². The van der Waals surface area contributed by atoms with Gasteiger partial charge in [-0.15, -0.1) is 0 Å². The van der Waals surface area contributed by atoms with E-state index in [2.05, 4.69) is 39.8 Å². The number of hydrogen-bond donors (Lipinski definition) is 3. The van der Waals surface area contributed by atoms with Crippen LogP contribution in [0.25, 0.3) is 10.9 Å². The van der Waals surface area contributed by atoms with E-state index >= 15 is 0 Å². The first-order valence-corrected chi connectivity index (χ1v) is 11.4. The quantitative estimate of drug-likeness (QED) is 0.523. The molecule has 0 aliphatic carbocycles. The number of hydrogen-bond acceptors (Lipinski definition) is 9. The Balaban J connectivity index is 1.40. The largest absolute Gasteiger partial charge is 0.372 e. The van der Waals surface area contributed by atoms with Gasteiger partial charge < -0.3 is 25.6 Å². The van der Waals surface area contributed by atoms with Crippen molar-refractivity contribution in [3.05, 3.63) is 36.3 Å². The van der Waals surface area contributed by atoms with E-state index in [0.29, 0.717) is 24.9 Å². The summed E-state index contributed by atoms with van der Waals surface area (Å²) in [6.45, 7) is 6.66. The molecule has 2 aliphatic rings. The Morgan fingerprint density at radius 2 is 2.12 bits per heavy atom. The molecule has 1 atom stereocenters. The zero-order valence-corrected chi connectivity index (χ0v) is 18.8. The maximum absolute atomic E-state index is 12.1. The Morgan fingerprint density at radius 3 is 2.85 bits per heavy atom. The van der Waals surface area contributed by atoms with E-state index in [1.54, 1.807) is 17.3 Å². The summed E-state index contributed by atoms with van der Waals surface area (Å²) in [4.78, 5) is 32.3. The van der Waals surface area contributed by atoms with Gasteiger partial charge in [0.2, 0.25) is 11.9 Å². The maximum Gasteiger partial charge on any atom is 0.241 e. The highest BCUT2D eigenvalue weighted by Gasteiger charge is 2.22. The fourth-order valence-electron chi connectivity index (χ4n) is 4.08. The zero-order valence-electron chi connectivity index (χ0n) is 18.8. The van der Waals surface area contributed by atoms with E-state index in [0.717, 1.165) is 54.1 Å². The molecule has 2 aliphatic heterocycles. The van der Waals surface area contributed by atoms with Crippen LogP contribution < -0.4 is 20.9 Å². The molecule has 33 heavy (non-hydrogen) atoms. The smallest absolute Gasteiger partial charge is 0.241 e. The maximum atomic E-state index is 12.1. The van der Waals surface area contributed by atoms with Crippen LogP contribution in [0.15, 0.2) is 30.6 Å². The fourth-order valence-corrected chi connectivity index (χ4v) is 4.08. The summed E-state index contributed by atoms with van der Waals surface area (Å²) in [5.74, 6) is 1.79. The summed E-state index contributed by atoms with van der Waals surface area (Å²) >= 11 is 0. The molecule has 0 bridgehead atoms. The van der Waals surface area contributed by atoms with Crippen molar-refractivity contribution in [1.82, 2.24) is 25.3 Å². The average Bonchev–Trinajstić information content (AvgIpc) is 3.35. The van der Waals surface area contributed by atoms with E-state index in [-0.39, 0.29) is 18.1 Å². The number of piperazine rings is 1. The molecule has 5 rings (SSSR count). The van der Waals surface area contributed by atoms with Gasteiger partial charge in [0.15, 0.2) is 5.82 Å². The summed E-state index contributed by atoms with van der Waals surface area (Å²) in [6.07, 6.45) is 5.52. The number of anilines is 4. The molecule has 0 radical (unpaired) electrons. The highest BCUT2D eigenvalue weighted by atomic mass is 16.5. The second kappa shape index (κ2) is 9.24. The number of nitrogens with one attached hydrogen (secondary N) is 3. The molecule has 0 saturated carbocycles. The number of aromatic nitrogens is 4. The molecular formula is C23H28N8O2. The van der Waals surface area contributed by atoms with Crippen molar-refractivity contribution in [2.24, 2.45) is 0 Å². The number of ether oxygens (including phenoxy) is 1. The van der Waals surface area contributed by atoms with Crippen LogP contribution in [0.2, 0.25) is 0 Å². The summed E-state index contributed by atoms with van der Waals surface area (Å²) in [5, 5.41) is 10.5. The second-order valence-electron chi connectivity index (χ2n) is 8.58. The fraction of sp³-hybridized carbons (Fsp3) is 0.435. The zero-order chi connectivity index (χ0) is 22.8. The minimum Gasteiger partial charge on any atom is -0.372 e. The monoisotopic (exact) mass is 448 g/mol. The third-order valence-corrected chi connectivity index (χ3v) is 5.66. The highest BCUT2D eigenvalue weighted by molar-refractivity contribution is 5.95. The number of fused-ring (bicyclic) bond motifs is 1. The normalized spacial score (nSPS) is 18.8. The van der Waals surface area contributed by atoms with E-state index in [9.17, 15) is 4.79 Å². The van der Waals surface area contributed by atoms with Gasteiger partial charge in [-0.25, -0.2) is 19.9 Å². The van der Waals surface area contributed by atoms with Crippen LogP contribution in [0.5, 0.6) is 0 Å². The first kappa shape index (κ1) is 21.5. The van der Waals surface area contributed by atoms with Crippen molar-refractivity contribution in [3.63, 3.8) is 0 Å². The topological polar surface area (TPSA) is 117 Å². The van der Waals surface area contributed by atoms with Crippen molar-refractivity contribution in [1.29, 1.82) is 0 Å². The van der Waals surface area contributed by atoms with Crippen LogP contribution in [0.1, 0.15) is 38.5 Å². The van der Waals surface area contributed by atoms with Gasteiger partial charge in [0.25, 0.3) is 0 Å². The molecular weight excluding hydrogens is 420 g/mol. The van der Waals surface area contributed by atoms with Crippen LogP contribution >= 0.6 is 0 Å². The molecule has 5 heterocycles. The third kappa shape index (κ3) is 4.71. The molecule has 10 nitrogen and oxygen atoms in total. The summed E-state index contributed by atoms with van der Waals surface area (Å²) in [5.41, 5.74) is 2.43. The molecule has 2 fully saturated rings. The lowest BCUT2D eigenvalue weighted by atomic mass is 10.1. The summed E-state index contributed by atoms with van der Waals surface area (Å²) in [7, 11) is 0. The Hall–Kier alpha value is -3.37. The number of pyridine rings is 2. The minimum atomic E-state index is 0.0187. The van der Waals surface area contributed by atoms with Crippen LogP contribution in [0, 0.1) is 0 Å². The first-order chi connectivity index (χ1) is 16.1. The van der Waals surface area contributed by atoms with Gasteiger partial charge in [-0.3, -0.25) is 4.79 Å². The van der Waals surface area contributed by atoms with Gasteiger partial charge in [-0.2, -0.15) is 0 Å². The predicted octanol–water partition coefficient (Wildman–Crippen LogP) is 2.77. The van der Waals surface area contributed by atoms with Crippen LogP contribution in [-0.4, -0.2) is 58.1 Å². The first-order valence-electron chi connectivity index (χ1n) is 11.4. The molecule has 3 aromatic heterocycles. The molecule has 2 saturated heterocycles. The number of carbonyl (C=O) groups is 1. The molecule has 10 heteroatoms. The van der Waals surface area contributed by atoms with Crippen LogP contribution in [0.3, 0.4) is 0 Å². The highest BCUT2D eigenvalue weighted by Crippen LogP contribution is 2.32. The van der Waals surface area contributed by atoms with Crippen LogP contribution in [0.4, 0.5) is 23.3 Å². The van der Waals surface area contributed by atoms with Crippen molar-refractivity contribution < 1.29 is 9.53 Å². The Labute approximate surface area is 192 Å². The summed E-state index contributed by atoms with van der Waals surface area (Å²) < 4.78 is 5.83. The number of rotatable bonds is 6. The average molecular weight is 449 g/mol. The lowest BCUT2D eigenvalue weighted by Crippen LogP contribution is -2.48. The number of nitrogens with zero attached hydrogens (tertiary/aromatic N) is 5. The van der Waals surface area contributed by atoms with E-state index in [4.69, 9.17) is 14.7 Å². The Kier molecular flexibility index (Phi) is 6.01. The lowest BCUT2D eigenvalue weighted by molar-refractivity contribution is -0.118. The van der Waals surface area contributed by atoms with Crippen molar-refractivity contribution in [2.45, 2.75) is 38.8 Å². The Bertz CT molecular complexity index is 1150. The molecule has 3 aromatic rings. The Morgan fingerprint density at radius 1 is 1.21 bits per heavy atom. The summed E-state index contributed by atoms with van der Waals surface area (Å²) in [6, 6.07) is 5.91. The molecule has 0 aromatic carbocycles. The van der Waals surface area contributed by atoms with Crippen LogP contribution in [-0.2, 0) is 9.53 Å². The molecule has 0 unspecified atom stereocenters. The molecule has 1 amide bonds. The SMILES string of the molecule is CC(C)Nc1nc([C@@H]2CCCO2)cc2cnc(Nc3ccc(N4CCNCC4=O)cn3)nc12. The van der Waals surface area contributed by atoms with Gasteiger partial charge in [0, 0.05) is 37.3 Å². The van der Waals surface area contributed by atoms with Gasteiger partial charge in [-0.05, 0) is 44.9 Å². The van der Waals surface area contributed by atoms with Crippen molar-refractivity contribution >= 4 is 40.1 Å². The molecule has 3 N–H and O–H groups in total.